The molecule has 0 radical (unpaired) electrons. The van der Waals surface area contributed by atoms with E-state index in [1.165, 1.54) is 0 Å². The molecule has 0 aliphatic carbocycles. The molecule has 0 aliphatic heterocycles. The van der Waals surface area contributed by atoms with E-state index in [4.69, 9.17) is 9.16 Å². The predicted molar refractivity (Wildman–Crippen MR) is 97.3 cm³/mol. The van der Waals surface area contributed by atoms with Crippen LogP contribution in [0.25, 0.3) is 0 Å². The first kappa shape index (κ1) is 19.1. The normalized spacial score (nSPS) is 15.2. The van der Waals surface area contributed by atoms with Gasteiger partial charge in [-0.25, -0.2) is 0 Å². The molecule has 2 atom stereocenters. The minimum absolute atomic E-state index is 0.117. The van der Waals surface area contributed by atoms with Crippen molar-refractivity contribution >= 4 is 22.4 Å². The summed E-state index contributed by atoms with van der Waals surface area (Å²) in [5.74, 6) is -0.117. The minimum atomic E-state index is -1.81. The summed E-state index contributed by atoms with van der Waals surface area (Å²) in [6.45, 7) is 15.4. The van der Waals surface area contributed by atoms with Gasteiger partial charge in [-0.1, -0.05) is 50.0 Å². The Morgan fingerprint density at radius 2 is 1.59 bits per heavy atom. The van der Waals surface area contributed by atoms with Crippen LogP contribution in [0.3, 0.4) is 0 Å². The highest BCUT2D eigenvalue weighted by molar-refractivity contribution is 6.80. The van der Waals surface area contributed by atoms with E-state index in [0.29, 0.717) is 6.61 Å². The molecule has 0 fully saturated rings. The van der Waals surface area contributed by atoms with Crippen molar-refractivity contribution in [2.75, 3.05) is 6.61 Å². The van der Waals surface area contributed by atoms with Gasteiger partial charge in [-0.2, -0.15) is 0 Å². The molecule has 0 N–H and O–H groups in total. The summed E-state index contributed by atoms with van der Waals surface area (Å²) in [5.41, 5.74) is 0.881. The number of carbonyl (C=O) groups excluding carboxylic acids is 1. The van der Waals surface area contributed by atoms with Gasteiger partial charge in [0.1, 0.15) is 0 Å². The van der Waals surface area contributed by atoms with Crippen molar-refractivity contribution in [2.45, 2.75) is 57.9 Å². The third-order valence-electron chi connectivity index (χ3n) is 3.38. The van der Waals surface area contributed by atoms with Crippen LogP contribution in [0, 0.1) is 0 Å². The lowest BCUT2D eigenvalue weighted by Crippen LogP contribution is -2.42. The molecule has 0 aromatic heterocycles. The molecular formula is C17H30O3Si2. The number of benzene rings is 1. The van der Waals surface area contributed by atoms with Crippen molar-refractivity contribution in [3.63, 3.8) is 0 Å². The highest BCUT2D eigenvalue weighted by Gasteiger charge is 2.43. The molecule has 1 rings (SSSR count). The Balaban J connectivity index is 3.28. The standard InChI is InChI=1S/C17H30O3Si2/c1-8-19-17(18)16(21(2,3)4)15(20-22(5,6)7)14-12-10-9-11-13-14/h9-13,15-16H,8H2,1-7H3/t15-,16-/m1/s1. The summed E-state index contributed by atoms with van der Waals surface area (Å²) >= 11 is 0. The highest BCUT2D eigenvalue weighted by Crippen LogP contribution is 2.40. The largest absolute Gasteiger partial charge is 0.466 e. The lowest BCUT2D eigenvalue weighted by Gasteiger charge is -2.37. The minimum Gasteiger partial charge on any atom is -0.466 e. The molecule has 124 valence electrons. The van der Waals surface area contributed by atoms with Gasteiger partial charge in [-0.15, -0.1) is 0 Å². The zero-order valence-electron chi connectivity index (χ0n) is 15.0. The second kappa shape index (κ2) is 7.57. The SMILES string of the molecule is CCOC(=O)[C@@H]([C@H](O[Si](C)(C)C)c1ccccc1)[Si](C)(C)C. The first-order valence-electron chi connectivity index (χ1n) is 7.95. The fraction of sp³-hybridized carbons (Fsp3) is 0.588. The van der Waals surface area contributed by atoms with Crippen LogP contribution in [0.1, 0.15) is 18.6 Å². The Hall–Kier alpha value is -0.916. The zero-order chi connectivity index (χ0) is 17.0. The molecule has 5 heteroatoms. The average molecular weight is 339 g/mol. The van der Waals surface area contributed by atoms with Crippen LogP contribution < -0.4 is 0 Å². The van der Waals surface area contributed by atoms with E-state index in [0.717, 1.165) is 5.56 Å². The molecule has 1 aromatic rings. The van der Waals surface area contributed by atoms with E-state index in [2.05, 4.69) is 51.4 Å². The highest BCUT2D eigenvalue weighted by atomic mass is 28.4. The number of hydrogen-bond acceptors (Lipinski definition) is 3. The molecule has 0 aliphatic rings. The molecule has 0 spiro atoms. The van der Waals surface area contributed by atoms with E-state index >= 15 is 0 Å². The van der Waals surface area contributed by atoms with Crippen molar-refractivity contribution in [3.8, 4) is 0 Å². The number of rotatable bonds is 7. The molecule has 0 bridgehead atoms. The lowest BCUT2D eigenvalue weighted by atomic mass is 10.1. The molecular weight excluding hydrogens is 308 g/mol. The topological polar surface area (TPSA) is 35.5 Å². The van der Waals surface area contributed by atoms with Crippen molar-refractivity contribution in [1.29, 1.82) is 0 Å². The van der Waals surface area contributed by atoms with Gasteiger partial charge >= 0.3 is 5.97 Å². The average Bonchev–Trinajstić information content (AvgIpc) is 2.36. The van der Waals surface area contributed by atoms with Crippen molar-refractivity contribution in [2.24, 2.45) is 0 Å². The Labute approximate surface area is 137 Å². The number of ether oxygens (including phenoxy) is 1. The molecule has 3 nitrogen and oxygen atoms in total. The first-order chi connectivity index (χ1) is 10.1. The van der Waals surface area contributed by atoms with Gasteiger partial charge in [0.2, 0.25) is 0 Å². The van der Waals surface area contributed by atoms with Crippen molar-refractivity contribution < 1.29 is 14.0 Å². The van der Waals surface area contributed by atoms with Crippen LogP contribution in [0.15, 0.2) is 30.3 Å². The maximum atomic E-state index is 12.6. The van der Waals surface area contributed by atoms with E-state index < -0.39 is 16.4 Å². The second-order valence-corrected chi connectivity index (χ2v) is 17.5. The van der Waals surface area contributed by atoms with Gasteiger partial charge in [0.15, 0.2) is 8.32 Å². The van der Waals surface area contributed by atoms with E-state index in [1.54, 1.807) is 0 Å². The first-order valence-corrected chi connectivity index (χ1v) is 14.9. The quantitative estimate of drug-likeness (QED) is 0.526. The zero-order valence-corrected chi connectivity index (χ0v) is 17.0. The van der Waals surface area contributed by atoms with Gasteiger partial charge in [0, 0.05) is 0 Å². The molecule has 0 saturated carbocycles. The Bertz CT molecular complexity index is 475. The van der Waals surface area contributed by atoms with Gasteiger partial charge in [0.25, 0.3) is 0 Å². The number of esters is 1. The van der Waals surface area contributed by atoms with E-state index in [-0.39, 0.29) is 17.6 Å². The van der Waals surface area contributed by atoms with Crippen LogP contribution in [0.5, 0.6) is 0 Å². The molecule has 0 amide bonds. The lowest BCUT2D eigenvalue weighted by molar-refractivity contribution is -0.145. The summed E-state index contributed by atoms with van der Waals surface area (Å²) in [4.78, 5) is 12.6. The van der Waals surface area contributed by atoms with Crippen LogP contribution in [-0.2, 0) is 14.0 Å². The Morgan fingerprint density at radius 3 is 2.00 bits per heavy atom. The van der Waals surface area contributed by atoms with Crippen LogP contribution in [-0.4, -0.2) is 29.0 Å². The fourth-order valence-electron chi connectivity index (χ4n) is 2.52. The molecule has 0 heterocycles. The monoisotopic (exact) mass is 338 g/mol. The maximum Gasteiger partial charge on any atom is 0.309 e. The number of hydrogen-bond donors (Lipinski definition) is 0. The molecule has 1 aromatic carbocycles. The van der Waals surface area contributed by atoms with Gasteiger partial charge in [0.05, 0.1) is 26.3 Å². The summed E-state index contributed by atoms with van der Waals surface area (Å²) in [6, 6.07) is 10.1. The molecule has 0 unspecified atom stereocenters. The predicted octanol–water partition coefficient (Wildman–Crippen LogP) is 4.85. The third-order valence-corrected chi connectivity index (χ3v) is 6.75. The molecule has 0 saturated heterocycles. The fourth-order valence-corrected chi connectivity index (χ4v) is 5.64. The number of carbonyl (C=O) groups is 1. The third kappa shape index (κ3) is 5.70. The maximum absolute atomic E-state index is 12.6. The smallest absolute Gasteiger partial charge is 0.309 e. The van der Waals surface area contributed by atoms with Crippen molar-refractivity contribution in [3.05, 3.63) is 35.9 Å². The summed E-state index contributed by atoms with van der Waals surface area (Å²) in [6.07, 6.45) is -0.210. The van der Waals surface area contributed by atoms with Gasteiger partial charge < -0.3 is 9.16 Å². The van der Waals surface area contributed by atoms with Crippen molar-refractivity contribution in [1.82, 2.24) is 0 Å². The van der Waals surface area contributed by atoms with Gasteiger partial charge in [-0.3, -0.25) is 4.79 Å². The van der Waals surface area contributed by atoms with E-state index in [1.807, 2.05) is 25.1 Å². The Morgan fingerprint density at radius 1 is 1.05 bits per heavy atom. The Kier molecular flexibility index (Phi) is 6.58. The van der Waals surface area contributed by atoms with Crippen LogP contribution in [0.2, 0.25) is 44.8 Å². The van der Waals surface area contributed by atoms with E-state index in [9.17, 15) is 4.79 Å². The summed E-state index contributed by atoms with van der Waals surface area (Å²) < 4.78 is 11.8. The summed E-state index contributed by atoms with van der Waals surface area (Å²) in [7, 11) is -3.61. The second-order valence-electron chi connectivity index (χ2n) is 7.66. The van der Waals surface area contributed by atoms with Crippen LogP contribution >= 0.6 is 0 Å². The van der Waals surface area contributed by atoms with Crippen LogP contribution in [0.4, 0.5) is 0 Å². The molecule has 22 heavy (non-hydrogen) atoms. The summed E-state index contributed by atoms with van der Waals surface area (Å²) in [5, 5.41) is 0. The van der Waals surface area contributed by atoms with Gasteiger partial charge in [-0.05, 0) is 32.1 Å².